The van der Waals surface area contributed by atoms with Crippen LogP contribution in [0.4, 0.5) is 5.69 Å². The number of nitrogens with zero attached hydrogens (tertiary/aromatic N) is 3. The van der Waals surface area contributed by atoms with Crippen molar-refractivity contribution >= 4 is 11.6 Å². The monoisotopic (exact) mass is 375 g/mol. The number of aliphatic hydroxyl groups is 1. The molecule has 1 fully saturated rings. The van der Waals surface area contributed by atoms with Crippen LogP contribution < -0.4 is 9.64 Å². The number of hydrogen-bond acceptors (Lipinski definition) is 5. The Morgan fingerprint density at radius 1 is 1.22 bits per heavy atom. The van der Waals surface area contributed by atoms with E-state index in [0.29, 0.717) is 19.0 Å². The van der Waals surface area contributed by atoms with E-state index >= 15 is 0 Å². The van der Waals surface area contributed by atoms with E-state index in [1.807, 2.05) is 17.0 Å². The number of benzene rings is 1. The maximum absolute atomic E-state index is 13.3. The molecule has 150 valence electrons. The Labute approximate surface area is 162 Å². The van der Waals surface area contributed by atoms with Crippen LogP contribution in [0, 0.1) is 0 Å². The molecular weight excluding hydrogens is 342 g/mol. The van der Waals surface area contributed by atoms with Gasteiger partial charge in [-0.1, -0.05) is 6.92 Å². The molecule has 2 heterocycles. The first-order chi connectivity index (χ1) is 12.9. The topological polar surface area (TPSA) is 56.2 Å². The Balaban J connectivity index is 1.76. The van der Waals surface area contributed by atoms with Crippen LogP contribution in [0.25, 0.3) is 0 Å². The lowest BCUT2D eigenvalue weighted by molar-refractivity contribution is -0.121. The molecule has 2 aliphatic heterocycles. The number of rotatable bonds is 5. The number of carbonyl (C=O) groups excluding carboxylic acids is 1. The number of anilines is 1. The lowest BCUT2D eigenvalue weighted by atomic mass is 9.80. The summed E-state index contributed by atoms with van der Waals surface area (Å²) >= 11 is 0. The third-order valence-corrected chi connectivity index (χ3v) is 5.91. The molecule has 6 heteroatoms. The molecule has 0 spiro atoms. The van der Waals surface area contributed by atoms with Gasteiger partial charge in [-0.05, 0) is 49.9 Å². The molecule has 0 unspecified atom stereocenters. The highest BCUT2D eigenvalue weighted by Gasteiger charge is 2.40. The zero-order chi connectivity index (χ0) is 19.6. The standard InChI is InChI=1S/C21H33N3O3/c1-16-14-21(2,3)24(19-6-5-17(27-4)13-18(16)19)20(26)15-23-9-7-22(8-10-23)11-12-25/h5-6,13,16,25H,7-12,14-15H2,1-4H3/t16-/m0/s1. The van der Waals surface area contributed by atoms with E-state index in [9.17, 15) is 4.79 Å². The molecule has 0 bridgehead atoms. The van der Waals surface area contributed by atoms with Gasteiger partial charge in [0.05, 0.1) is 20.3 Å². The van der Waals surface area contributed by atoms with E-state index in [0.717, 1.165) is 44.0 Å². The average Bonchev–Trinajstić information content (AvgIpc) is 2.62. The van der Waals surface area contributed by atoms with Crippen molar-refractivity contribution in [1.82, 2.24) is 9.80 Å². The summed E-state index contributed by atoms with van der Waals surface area (Å²) in [5, 5.41) is 9.08. The van der Waals surface area contributed by atoms with Gasteiger partial charge in [0.1, 0.15) is 5.75 Å². The maximum atomic E-state index is 13.3. The second kappa shape index (κ2) is 8.17. The van der Waals surface area contributed by atoms with Crippen molar-refractivity contribution in [1.29, 1.82) is 0 Å². The number of carbonyl (C=O) groups is 1. The number of piperazine rings is 1. The lowest BCUT2D eigenvalue weighted by Crippen LogP contribution is -2.56. The molecule has 1 aromatic carbocycles. The minimum absolute atomic E-state index is 0.161. The smallest absolute Gasteiger partial charge is 0.241 e. The molecule has 1 amide bonds. The predicted octanol–water partition coefficient (Wildman–Crippen LogP) is 1.92. The van der Waals surface area contributed by atoms with Gasteiger partial charge in [0.15, 0.2) is 0 Å². The van der Waals surface area contributed by atoms with Crippen molar-refractivity contribution in [2.75, 3.05) is 57.9 Å². The fourth-order valence-corrected chi connectivity index (χ4v) is 4.58. The highest BCUT2D eigenvalue weighted by molar-refractivity contribution is 5.97. The molecule has 0 radical (unpaired) electrons. The summed E-state index contributed by atoms with van der Waals surface area (Å²) in [7, 11) is 1.68. The molecule has 1 saturated heterocycles. The largest absolute Gasteiger partial charge is 0.497 e. The van der Waals surface area contributed by atoms with E-state index in [2.05, 4.69) is 36.6 Å². The van der Waals surface area contributed by atoms with Crippen LogP contribution in [0.15, 0.2) is 18.2 Å². The molecule has 0 aromatic heterocycles. The average molecular weight is 376 g/mol. The molecule has 1 atom stereocenters. The summed E-state index contributed by atoms with van der Waals surface area (Å²) in [4.78, 5) is 19.8. The molecule has 1 N–H and O–H groups in total. The van der Waals surface area contributed by atoms with Crippen molar-refractivity contribution in [3.05, 3.63) is 23.8 Å². The van der Waals surface area contributed by atoms with Gasteiger partial charge in [-0.3, -0.25) is 14.6 Å². The van der Waals surface area contributed by atoms with E-state index < -0.39 is 0 Å². The lowest BCUT2D eigenvalue weighted by Gasteiger charge is -2.47. The molecule has 6 nitrogen and oxygen atoms in total. The summed E-state index contributed by atoms with van der Waals surface area (Å²) < 4.78 is 5.39. The fourth-order valence-electron chi connectivity index (χ4n) is 4.58. The zero-order valence-corrected chi connectivity index (χ0v) is 17.1. The van der Waals surface area contributed by atoms with Gasteiger partial charge in [0, 0.05) is 44.0 Å². The molecule has 1 aromatic rings. The SMILES string of the molecule is COc1ccc2c(c1)[C@@H](C)CC(C)(C)N2C(=O)CN1CCN(CCO)CC1. The summed E-state index contributed by atoms with van der Waals surface area (Å²) in [6.45, 7) is 11.4. The predicted molar refractivity (Wildman–Crippen MR) is 108 cm³/mol. The number of ether oxygens (including phenoxy) is 1. The van der Waals surface area contributed by atoms with Crippen molar-refractivity contribution < 1.29 is 14.6 Å². The molecule has 3 rings (SSSR count). The minimum Gasteiger partial charge on any atom is -0.497 e. The zero-order valence-electron chi connectivity index (χ0n) is 17.1. The second-order valence-corrected chi connectivity index (χ2v) is 8.41. The van der Waals surface area contributed by atoms with Gasteiger partial charge in [0.25, 0.3) is 0 Å². The van der Waals surface area contributed by atoms with E-state index in [-0.39, 0.29) is 18.1 Å². The van der Waals surface area contributed by atoms with Crippen molar-refractivity contribution in [2.24, 2.45) is 0 Å². The highest BCUT2D eigenvalue weighted by Crippen LogP contribution is 2.44. The van der Waals surface area contributed by atoms with E-state index in [1.54, 1.807) is 7.11 Å². The van der Waals surface area contributed by atoms with Gasteiger partial charge >= 0.3 is 0 Å². The highest BCUT2D eigenvalue weighted by atomic mass is 16.5. The summed E-state index contributed by atoms with van der Waals surface area (Å²) in [5.41, 5.74) is 2.00. The fraction of sp³-hybridized carbons (Fsp3) is 0.667. The second-order valence-electron chi connectivity index (χ2n) is 8.41. The molecule has 0 saturated carbocycles. The first-order valence-corrected chi connectivity index (χ1v) is 9.92. The number of fused-ring (bicyclic) bond motifs is 1. The van der Waals surface area contributed by atoms with Gasteiger partial charge in [-0.2, -0.15) is 0 Å². The van der Waals surface area contributed by atoms with Crippen LogP contribution in [-0.4, -0.2) is 79.3 Å². The summed E-state index contributed by atoms with van der Waals surface area (Å²) in [6.07, 6.45) is 0.934. The Kier molecular flexibility index (Phi) is 6.08. The van der Waals surface area contributed by atoms with Crippen molar-refractivity contribution in [3.8, 4) is 5.75 Å². The van der Waals surface area contributed by atoms with Crippen molar-refractivity contribution in [3.63, 3.8) is 0 Å². The Hall–Kier alpha value is -1.63. The normalized spacial score (nSPS) is 23.1. The Morgan fingerprint density at radius 2 is 1.89 bits per heavy atom. The van der Waals surface area contributed by atoms with Crippen LogP contribution in [-0.2, 0) is 4.79 Å². The number of hydrogen-bond donors (Lipinski definition) is 1. The Bertz CT molecular complexity index is 669. The van der Waals surface area contributed by atoms with E-state index in [4.69, 9.17) is 9.84 Å². The van der Waals surface area contributed by atoms with Crippen LogP contribution in [0.5, 0.6) is 5.75 Å². The van der Waals surface area contributed by atoms with Gasteiger partial charge in [-0.15, -0.1) is 0 Å². The van der Waals surface area contributed by atoms with Crippen LogP contribution in [0.3, 0.4) is 0 Å². The first-order valence-electron chi connectivity index (χ1n) is 9.92. The summed E-state index contributed by atoms with van der Waals surface area (Å²) in [6, 6.07) is 6.05. The quantitative estimate of drug-likeness (QED) is 0.852. The molecule has 0 aliphatic carbocycles. The first kappa shape index (κ1) is 20.1. The third kappa shape index (κ3) is 4.28. The van der Waals surface area contributed by atoms with Crippen LogP contribution in [0.2, 0.25) is 0 Å². The maximum Gasteiger partial charge on any atom is 0.241 e. The van der Waals surface area contributed by atoms with Crippen LogP contribution in [0.1, 0.15) is 38.7 Å². The number of amides is 1. The number of β-amino-alcohol motifs (C(OH)–C–C–N with tert-alkyl or cyclic N) is 1. The minimum atomic E-state index is -0.212. The molecule has 27 heavy (non-hydrogen) atoms. The van der Waals surface area contributed by atoms with E-state index in [1.165, 1.54) is 5.56 Å². The number of methoxy groups -OCH3 is 1. The van der Waals surface area contributed by atoms with Crippen LogP contribution >= 0.6 is 0 Å². The summed E-state index contributed by atoms with van der Waals surface area (Å²) in [5.74, 6) is 1.39. The van der Waals surface area contributed by atoms with Gasteiger partial charge in [-0.25, -0.2) is 0 Å². The van der Waals surface area contributed by atoms with Gasteiger partial charge < -0.3 is 14.7 Å². The molecular formula is C21H33N3O3. The Morgan fingerprint density at radius 3 is 2.52 bits per heavy atom. The third-order valence-electron chi connectivity index (χ3n) is 5.91. The molecule has 2 aliphatic rings. The van der Waals surface area contributed by atoms with Crippen molar-refractivity contribution in [2.45, 2.75) is 38.6 Å². The number of aliphatic hydroxyl groups excluding tert-OH is 1. The van der Waals surface area contributed by atoms with Gasteiger partial charge in [0.2, 0.25) is 5.91 Å².